The summed E-state index contributed by atoms with van der Waals surface area (Å²) in [6.45, 7) is 5.62. The summed E-state index contributed by atoms with van der Waals surface area (Å²) in [7, 11) is -6.55. The maximum absolute atomic E-state index is 13.8. The van der Waals surface area contributed by atoms with Crippen LogP contribution in [0.1, 0.15) is 78.6 Å². The summed E-state index contributed by atoms with van der Waals surface area (Å²) < 4.78 is 87.1. The van der Waals surface area contributed by atoms with E-state index in [0.29, 0.717) is 38.5 Å². The van der Waals surface area contributed by atoms with Gasteiger partial charge in [0.25, 0.3) is 0 Å². The number of carbonyl (C=O) groups excluding carboxylic acids is 4. The Morgan fingerprint density at radius 1 is 1.08 bits per heavy atom. The standard InChI is InChI=1S/C26H34F4O8S/c1-13(4-7-21(34)38-25(27,28)26(29,30)39(35,36)37)16-5-6-17-22-18(12-20(33)24(16,17)3)23(2)9-8-15(31)10-14(23)11-19(22)32/h13-14,16-18,22H,4-12H2,1-3H3,(H,35,36,37)/t13-,14?,16-,17+,18+,22+,23+,24-/m1/s1. The summed E-state index contributed by atoms with van der Waals surface area (Å²) in [5.74, 6) is -3.06. The van der Waals surface area contributed by atoms with Crippen molar-refractivity contribution < 1.29 is 54.4 Å². The maximum atomic E-state index is 13.8. The molecule has 8 atom stereocenters. The van der Waals surface area contributed by atoms with Crippen molar-refractivity contribution in [2.24, 2.45) is 46.3 Å². The molecule has 1 unspecified atom stereocenters. The van der Waals surface area contributed by atoms with Crippen LogP contribution in [0.15, 0.2) is 0 Å². The minimum absolute atomic E-state index is 0.00317. The van der Waals surface area contributed by atoms with Crippen LogP contribution in [0.5, 0.6) is 0 Å². The second kappa shape index (κ2) is 9.60. The number of ether oxygens (including phenoxy) is 1. The molecule has 0 heterocycles. The first-order chi connectivity index (χ1) is 17.8. The molecule has 0 saturated heterocycles. The number of Topliss-reactive ketones (excluding diaryl/α,β-unsaturated/α-hetero) is 3. The quantitative estimate of drug-likeness (QED) is 0.262. The summed E-state index contributed by atoms with van der Waals surface area (Å²) in [6, 6.07) is 0. The lowest BCUT2D eigenvalue weighted by Crippen LogP contribution is -2.60. The molecule has 13 heteroatoms. The molecule has 4 rings (SSSR count). The summed E-state index contributed by atoms with van der Waals surface area (Å²) in [4.78, 5) is 51.2. The van der Waals surface area contributed by atoms with Crippen molar-refractivity contribution in [3.05, 3.63) is 0 Å². The van der Waals surface area contributed by atoms with E-state index in [9.17, 15) is 45.2 Å². The molecule has 39 heavy (non-hydrogen) atoms. The van der Waals surface area contributed by atoms with Gasteiger partial charge in [0.1, 0.15) is 17.3 Å². The summed E-state index contributed by atoms with van der Waals surface area (Å²) >= 11 is 0. The number of halogens is 4. The number of fused-ring (bicyclic) bond motifs is 5. The zero-order chi connectivity index (χ0) is 29.3. The van der Waals surface area contributed by atoms with Crippen molar-refractivity contribution in [2.75, 3.05) is 0 Å². The molecule has 0 aliphatic heterocycles. The van der Waals surface area contributed by atoms with Gasteiger partial charge in [-0.2, -0.15) is 26.0 Å². The summed E-state index contributed by atoms with van der Waals surface area (Å²) in [5.41, 5.74) is -1.18. The zero-order valence-electron chi connectivity index (χ0n) is 22.1. The van der Waals surface area contributed by atoms with E-state index in [0.717, 1.165) is 0 Å². The van der Waals surface area contributed by atoms with E-state index in [1.54, 1.807) is 6.92 Å². The van der Waals surface area contributed by atoms with Gasteiger partial charge in [-0.15, -0.1) is 0 Å². The first kappa shape index (κ1) is 30.1. The number of esters is 1. The molecule has 220 valence electrons. The smallest absolute Gasteiger partial charge is 0.395 e. The number of hydrogen-bond donors (Lipinski definition) is 1. The SMILES string of the molecule is C[C@H](CCC(=O)OC(F)(F)C(F)(F)S(=O)(=O)O)[C@H]1CC[C@H]2[C@@H]3C(=O)CC4CC(=O)CC[C@]4(C)[C@H]3CC(=O)[C@]12C. The highest BCUT2D eigenvalue weighted by molar-refractivity contribution is 7.87. The number of carbonyl (C=O) groups is 4. The van der Waals surface area contributed by atoms with Crippen molar-refractivity contribution >= 4 is 33.4 Å². The lowest BCUT2D eigenvalue weighted by molar-refractivity contribution is -0.302. The third-order valence-electron chi connectivity index (χ3n) is 10.6. The molecule has 0 aromatic rings. The minimum Gasteiger partial charge on any atom is -0.395 e. The molecule has 8 nitrogen and oxygen atoms in total. The van der Waals surface area contributed by atoms with E-state index in [1.807, 2.05) is 6.92 Å². The van der Waals surface area contributed by atoms with Gasteiger partial charge in [-0.1, -0.05) is 20.8 Å². The molecule has 0 radical (unpaired) electrons. The van der Waals surface area contributed by atoms with Crippen LogP contribution in [-0.4, -0.2) is 47.7 Å². The normalized spacial score (nSPS) is 38.1. The Kier molecular flexibility index (Phi) is 7.40. The molecule has 0 spiro atoms. The number of alkyl halides is 4. The van der Waals surface area contributed by atoms with Crippen LogP contribution in [0, 0.1) is 46.3 Å². The van der Waals surface area contributed by atoms with E-state index in [1.165, 1.54) is 0 Å². The van der Waals surface area contributed by atoms with Crippen molar-refractivity contribution in [1.82, 2.24) is 0 Å². The van der Waals surface area contributed by atoms with Crippen LogP contribution < -0.4 is 0 Å². The van der Waals surface area contributed by atoms with Crippen molar-refractivity contribution in [3.63, 3.8) is 0 Å². The minimum atomic E-state index is -6.55. The Bertz CT molecular complexity index is 1190. The average Bonchev–Trinajstić information content (AvgIpc) is 3.16. The van der Waals surface area contributed by atoms with Crippen LogP contribution in [0.3, 0.4) is 0 Å². The molecule has 4 fully saturated rings. The van der Waals surface area contributed by atoms with E-state index in [4.69, 9.17) is 4.55 Å². The Morgan fingerprint density at radius 2 is 1.72 bits per heavy atom. The lowest BCUT2D eigenvalue weighted by atomic mass is 9.44. The number of hydrogen-bond acceptors (Lipinski definition) is 7. The summed E-state index contributed by atoms with van der Waals surface area (Å²) in [5, 5.41) is -6.02. The highest BCUT2D eigenvalue weighted by Gasteiger charge is 2.70. The predicted molar refractivity (Wildman–Crippen MR) is 127 cm³/mol. The zero-order valence-corrected chi connectivity index (χ0v) is 22.9. The van der Waals surface area contributed by atoms with Crippen molar-refractivity contribution in [1.29, 1.82) is 0 Å². The fourth-order valence-corrected chi connectivity index (χ4v) is 8.68. The Labute approximate surface area is 224 Å². The number of rotatable bonds is 7. The molecular formula is C26H34F4O8S. The van der Waals surface area contributed by atoms with Crippen LogP contribution in [-0.2, 0) is 34.0 Å². The topological polar surface area (TPSA) is 132 Å². The van der Waals surface area contributed by atoms with Crippen LogP contribution in [0.4, 0.5) is 17.6 Å². The van der Waals surface area contributed by atoms with Gasteiger partial charge in [0.2, 0.25) is 0 Å². The maximum Gasteiger partial charge on any atom is 0.485 e. The van der Waals surface area contributed by atoms with E-state index < -0.39 is 45.2 Å². The molecule has 1 N–H and O–H groups in total. The predicted octanol–water partition coefficient (Wildman–Crippen LogP) is 4.61. The largest absolute Gasteiger partial charge is 0.485 e. The van der Waals surface area contributed by atoms with Gasteiger partial charge in [0, 0.05) is 43.4 Å². The van der Waals surface area contributed by atoms with Crippen molar-refractivity contribution in [3.8, 4) is 0 Å². The van der Waals surface area contributed by atoms with Gasteiger partial charge in [0.15, 0.2) is 0 Å². The average molecular weight is 583 g/mol. The Balaban J connectivity index is 1.47. The second-order valence-corrected chi connectivity index (χ2v) is 13.9. The molecular weight excluding hydrogens is 548 g/mol. The molecule has 0 bridgehead atoms. The fraction of sp³-hybridized carbons (Fsp3) is 0.846. The van der Waals surface area contributed by atoms with Gasteiger partial charge in [-0.05, 0) is 60.7 Å². The third-order valence-corrected chi connectivity index (χ3v) is 11.5. The molecule has 0 aromatic heterocycles. The highest BCUT2D eigenvalue weighted by Crippen LogP contribution is 2.66. The first-order valence-electron chi connectivity index (χ1n) is 13.3. The van der Waals surface area contributed by atoms with Gasteiger partial charge < -0.3 is 4.74 Å². The van der Waals surface area contributed by atoms with Crippen LogP contribution in [0.25, 0.3) is 0 Å². The third kappa shape index (κ3) is 4.64. The molecule has 4 aliphatic rings. The highest BCUT2D eigenvalue weighted by atomic mass is 32.2. The van der Waals surface area contributed by atoms with Gasteiger partial charge >= 0.3 is 27.5 Å². The Hall–Kier alpha value is -1.89. The fourth-order valence-electron chi connectivity index (χ4n) is 8.34. The molecule has 4 saturated carbocycles. The summed E-state index contributed by atoms with van der Waals surface area (Å²) in [6.07, 6.45) is -3.55. The molecule has 0 aromatic carbocycles. The van der Waals surface area contributed by atoms with Gasteiger partial charge in [0.05, 0.1) is 0 Å². The van der Waals surface area contributed by atoms with E-state index >= 15 is 0 Å². The van der Waals surface area contributed by atoms with Crippen molar-refractivity contribution in [2.45, 2.75) is 89.9 Å². The van der Waals surface area contributed by atoms with Gasteiger partial charge in [-0.25, -0.2) is 0 Å². The van der Waals surface area contributed by atoms with E-state index in [-0.39, 0.29) is 65.2 Å². The lowest BCUT2D eigenvalue weighted by Gasteiger charge is -2.58. The second-order valence-electron chi connectivity index (χ2n) is 12.4. The molecule has 4 aliphatic carbocycles. The van der Waals surface area contributed by atoms with E-state index in [2.05, 4.69) is 11.7 Å². The Morgan fingerprint density at radius 3 is 2.33 bits per heavy atom. The first-order valence-corrected chi connectivity index (χ1v) is 14.7. The number of ketones is 3. The monoisotopic (exact) mass is 582 g/mol. The molecule has 0 amide bonds. The van der Waals surface area contributed by atoms with Gasteiger partial charge in [-0.3, -0.25) is 23.7 Å². The van der Waals surface area contributed by atoms with Crippen LogP contribution >= 0.6 is 0 Å². The van der Waals surface area contributed by atoms with Crippen LogP contribution in [0.2, 0.25) is 0 Å².